The summed E-state index contributed by atoms with van der Waals surface area (Å²) in [7, 11) is 3.94. The van der Waals surface area contributed by atoms with Crippen LogP contribution in [0.5, 0.6) is 0 Å². The van der Waals surface area contributed by atoms with Crippen LogP contribution in [0, 0.1) is 0 Å². The van der Waals surface area contributed by atoms with Gasteiger partial charge in [0.05, 0.1) is 15.7 Å². The molecule has 0 bridgehead atoms. The fourth-order valence-corrected chi connectivity index (χ4v) is 2.63. The Morgan fingerprint density at radius 2 is 1.80 bits per heavy atom. The molecule has 0 unspecified atom stereocenters. The molecule has 2 rings (SSSR count). The summed E-state index contributed by atoms with van der Waals surface area (Å²) in [6.45, 7) is 0.699. The Hall–Kier alpha value is -0.900. The van der Waals surface area contributed by atoms with Gasteiger partial charge in [0.25, 0.3) is 0 Å². The first kappa shape index (κ1) is 15.5. The molecule has 0 spiro atoms. The van der Waals surface area contributed by atoms with Crippen molar-refractivity contribution in [3.05, 3.63) is 56.5 Å². The van der Waals surface area contributed by atoms with E-state index in [4.69, 9.17) is 23.2 Å². The topological polar surface area (TPSA) is 15.3 Å². The maximum absolute atomic E-state index is 6.24. The molecule has 0 radical (unpaired) electrons. The highest BCUT2D eigenvalue weighted by molar-refractivity contribution is 9.10. The lowest BCUT2D eigenvalue weighted by Gasteiger charge is -2.15. The van der Waals surface area contributed by atoms with Crippen molar-refractivity contribution in [2.75, 3.05) is 24.3 Å². The van der Waals surface area contributed by atoms with Crippen molar-refractivity contribution in [3.8, 4) is 0 Å². The van der Waals surface area contributed by atoms with Crippen LogP contribution in [0.2, 0.25) is 10.0 Å². The second-order valence-electron chi connectivity index (χ2n) is 4.66. The summed E-state index contributed by atoms with van der Waals surface area (Å²) in [5.41, 5.74) is 3.11. The average molecular weight is 374 g/mol. The van der Waals surface area contributed by atoms with Crippen molar-refractivity contribution in [3.63, 3.8) is 0 Å². The van der Waals surface area contributed by atoms with Crippen molar-refractivity contribution in [1.29, 1.82) is 0 Å². The zero-order valence-electron chi connectivity index (χ0n) is 11.3. The Balaban J connectivity index is 2.07. The normalized spacial score (nSPS) is 10.4. The van der Waals surface area contributed by atoms with Crippen molar-refractivity contribution >= 4 is 50.5 Å². The number of nitrogens with one attached hydrogen (secondary N) is 1. The molecule has 0 amide bonds. The number of halogens is 3. The van der Waals surface area contributed by atoms with Gasteiger partial charge in [0.2, 0.25) is 0 Å². The summed E-state index contributed by atoms with van der Waals surface area (Å²) < 4.78 is 0.904. The summed E-state index contributed by atoms with van der Waals surface area (Å²) in [5, 5.41) is 4.78. The molecular formula is C15H15BrCl2N2. The fraction of sp³-hybridized carbons (Fsp3) is 0.200. The molecule has 2 nitrogen and oxygen atoms in total. The van der Waals surface area contributed by atoms with Gasteiger partial charge >= 0.3 is 0 Å². The van der Waals surface area contributed by atoms with Gasteiger partial charge in [-0.25, -0.2) is 0 Å². The second-order valence-corrected chi connectivity index (χ2v) is 6.33. The quantitative estimate of drug-likeness (QED) is 0.768. The van der Waals surface area contributed by atoms with Crippen molar-refractivity contribution in [2.24, 2.45) is 0 Å². The van der Waals surface area contributed by atoms with Gasteiger partial charge in [0, 0.05) is 30.8 Å². The molecule has 0 heterocycles. The van der Waals surface area contributed by atoms with Crippen LogP contribution in [-0.2, 0) is 6.54 Å². The highest BCUT2D eigenvalue weighted by Crippen LogP contribution is 2.28. The van der Waals surface area contributed by atoms with E-state index in [1.54, 1.807) is 0 Å². The molecule has 0 saturated carbocycles. The number of nitrogens with zero attached hydrogens (tertiary/aromatic N) is 1. The van der Waals surface area contributed by atoms with Crippen molar-refractivity contribution < 1.29 is 0 Å². The molecule has 0 aliphatic heterocycles. The Kier molecular flexibility index (Phi) is 5.19. The zero-order valence-corrected chi connectivity index (χ0v) is 14.4. The van der Waals surface area contributed by atoms with Gasteiger partial charge in [-0.3, -0.25) is 0 Å². The molecule has 0 aliphatic rings. The van der Waals surface area contributed by atoms with Gasteiger partial charge in [-0.2, -0.15) is 0 Å². The van der Waals surface area contributed by atoms with Crippen molar-refractivity contribution in [2.45, 2.75) is 6.54 Å². The minimum absolute atomic E-state index is 0.699. The van der Waals surface area contributed by atoms with Crippen LogP contribution in [-0.4, -0.2) is 14.1 Å². The van der Waals surface area contributed by atoms with Crippen LogP contribution < -0.4 is 10.2 Å². The molecule has 2 aromatic carbocycles. The molecule has 0 fully saturated rings. The van der Waals surface area contributed by atoms with Gasteiger partial charge < -0.3 is 10.2 Å². The lowest BCUT2D eigenvalue weighted by atomic mass is 10.2. The molecular weight excluding hydrogens is 359 g/mol. The number of anilines is 2. The van der Waals surface area contributed by atoms with E-state index in [1.165, 1.54) is 0 Å². The highest BCUT2D eigenvalue weighted by Gasteiger charge is 2.04. The number of hydrogen-bond acceptors (Lipinski definition) is 2. The van der Waals surface area contributed by atoms with Gasteiger partial charge in [-0.1, -0.05) is 29.3 Å². The SMILES string of the molecule is CN(C)c1ccc(NCc2ccc(Br)c(Cl)c2)cc1Cl. The third-order valence-electron chi connectivity index (χ3n) is 2.91. The first-order chi connectivity index (χ1) is 9.47. The number of hydrogen-bond donors (Lipinski definition) is 1. The van der Waals surface area contributed by atoms with Crippen molar-refractivity contribution in [1.82, 2.24) is 0 Å². The van der Waals surface area contributed by atoms with Gasteiger partial charge in [-0.05, 0) is 51.8 Å². The van der Waals surface area contributed by atoms with Crippen LogP contribution in [0.3, 0.4) is 0 Å². The third kappa shape index (κ3) is 3.81. The molecule has 0 aliphatic carbocycles. The Morgan fingerprint density at radius 1 is 1.05 bits per heavy atom. The maximum Gasteiger partial charge on any atom is 0.0659 e. The molecule has 2 aromatic rings. The van der Waals surface area contributed by atoms with E-state index in [0.717, 1.165) is 26.4 Å². The standard InChI is InChI=1S/C15H15BrCl2N2/c1-20(2)15-6-4-11(8-14(15)18)19-9-10-3-5-12(16)13(17)7-10/h3-8,19H,9H2,1-2H3. The number of rotatable bonds is 4. The first-order valence-electron chi connectivity index (χ1n) is 6.12. The minimum atomic E-state index is 0.699. The average Bonchev–Trinajstić information content (AvgIpc) is 2.40. The van der Waals surface area contributed by atoms with E-state index in [-0.39, 0.29) is 0 Å². The summed E-state index contributed by atoms with van der Waals surface area (Å²) >= 11 is 15.7. The van der Waals surface area contributed by atoms with E-state index in [1.807, 2.05) is 55.4 Å². The van der Waals surface area contributed by atoms with E-state index in [9.17, 15) is 0 Å². The lowest BCUT2D eigenvalue weighted by Crippen LogP contribution is -2.09. The molecule has 0 aromatic heterocycles. The maximum atomic E-state index is 6.24. The fourth-order valence-electron chi connectivity index (χ4n) is 1.83. The molecule has 1 N–H and O–H groups in total. The second kappa shape index (κ2) is 6.70. The Morgan fingerprint density at radius 3 is 2.40 bits per heavy atom. The van der Waals surface area contributed by atoms with E-state index >= 15 is 0 Å². The largest absolute Gasteiger partial charge is 0.381 e. The lowest BCUT2D eigenvalue weighted by molar-refractivity contribution is 1.12. The zero-order chi connectivity index (χ0) is 14.7. The monoisotopic (exact) mass is 372 g/mol. The Bertz CT molecular complexity index is 615. The molecule has 106 valence electrons. The molecule has 5 heteroatoms. The minimum Gasteiger partial charge on any atom is -0.381 e. The van der Waals surface area contributed by atoms with E-state index in [2.05, 4.69) is 21.2 Å². The third-order valence-corrected chi connectivity index (χ3v) is 4.45. The van der Waals surface area contributed by atoms with Gasteiger partial charge in [0.15, 0.2) is 0 Å². The van der Waals surface area contributed by atoms with Crippen LogP contribution in [0.1, 0.15) is 5.56 Å². The van der Waals surface area contributed by atoms with Gasteiger partial charge in [0.1, 0.15) is 0 Å². The van der Waals surface area contributed by atoms with Crippen LogP contribution >= 0.6 is 39.1 Å². The van der Waals surface area contributed by atoms with Gasteiger partial charge in [-0.15, -0.1) is 0 Å². The first-order valence-corrected chi connectivity index (χ1v) is 7.67. The summed E-state index contributed by atoms with van der Waals surface area (Å²) in [4.78, 5) is 1.99. The summed E-state index contributed by atoms with van der Waals surface area (Å²) in [5.74, 6) is 0. The van der Waals surface area contributed by atoms with E-state index in [0.29, 0.717) is 11.6 Å². The molecule has 0 atom stereocenters. The summed E-state index contributed by atoms with van der Waals surface area (Å²) in [6, 6.07) is 11.9. The highest BCUT2D eigenvalue weighted by atomic mass is 79.9. The predicted molar refractivity (Wildman–Crippen MR) is 92.3 cm³/mol. The summed E-state index contributed by atoms with van der Waals surface area (Å²) in [6.07, 6.45) is 0. The van der Waals surface area contributed by atoms with Crippen LogP contribution in [0.15, 0.2) is 40.9 Å². The number of benzene rings is 2. The predicted octanol–water partition coefficient (Wildman–Crippen LogP) is 5.43. The Labute approximate surface area is 137 Å². The van der Waals surface area contributed by atoms with E-state index < -0.39 is 0 Å². The smallest absolute Gasteiger partial charge is 0.0659 e. The molecule has 0 saturated heterocycles. The molecule has 20 heavy (non-hydrogen) atoms. The van der Waals surface area contributed by atoms with Crippen LogP contribution in [0.4, 0.5) is 11.4 Å². The van der Waals surface area contributed by atoms with Crippen LogP contribution in [0.25, 0.3) is 0 Å².